The van der Waals surface area contributed by atoms with Gasteiger partial charge in [-0.1, -0.05) is 55.5 Å². The summed E-state index contributed by atoms with van der Waals surface area (Å²) in [5.41, 5.74) is 5.30. The molecule has 0 bridgehead atoms. The van der Waals surface area contributed by atoms with Crippen molar-refractivity contribution in [2.75, 3.05) is 6.61 Å². The molecule has 2 nitrogen and oxygen atoms in total. The summed E-state index contributed by atoms with van der Waals surface area (Å²) in [7, 11) is 0. The van der Waals surface area contributed by atoms with Gasteiger partial charge in [0.25, 0.3) is 0 Å². The van der Waals surface area contributed by atoms with Crippen LogP contribution in [-0.4, -0.2) is 11.2 Å². The first-order chi connectivity index (χ1) is 10.4. The van der Waals surface area contributed by atoms with Crippen LogP contribution < -0.4 is 0 Å². The van der Waals surface area contributed by atoms with Crippen LogP contribution in [0.4, 0.5) is 0 Å². The summed E-state index contributed by atoms with van der Waals surface area (Å²) in [4.78, 5) is 0. The summed E-state index contributed by atoms with van der Waals surface area (Å²) in [6.07, 6.45) is 1.21. The summed E-state index contributed by atoms with van der Waals surface area (Å²) in [6, 6.07) is 19.4. The smallest absolute Gasteiger partial charge is 0.0979 e. The van der Waals surface area contributed by atoms with Gasteiger partial charge >= 0.3 is 0 Å². The highest BCUT2D eigenvalue weighted by atomic mass is 16.5. The van der Waals surface area contributed by atoms with Crippen LogP contribution in [0.15, 0.2) is 54.6 Å². The molecule has 0 saturated carbocycles. The van der Waals surface area contributed by atoms with E-state index in [1.807, 2.05) is 0 Å². The van der Waals surface area contributed by atoms with Crippen molar-refractivity contribution in [3.05, 3.63) is 60.3 Å². The highest BCUT2D eigenvalue weighted by Crippen LogP contribution is 2.41. The number of rotatable bonds is 2. The molecule has 0 radical (unpaired) electrons. The van der Waals surface area contributed by atoms with Gasteiger partial charge in [0.15, 0.2) is 0 Å². The lowest BCUT2D eigenvalue weighted by Crippen LogP contribution is -2.21. The molecule has 3 aromatic rings. The maximum Gasteiger partial charge on any atom is 0.0979 e. The van der Waals surface area contributed by atoms with Gasteiger partial charge in [0.2, 0.25) is 0 Å². The summed E-state index contributed by atoms with van der Waals surface area (Å²) in [6.45, 7) is 3.95. The molecule has 1 aliphatic heterocycles. The lowest BCUT2D eigenvalue weighted by atomic mass is 9.98. The number of nitrogens with zero attached hydrogens (tertiary/aromatic N) is 1. The molecule has 2 aromatic carbocycles. The number of fused-ring (bicyclic) bond motifs is 3. The van der Waals surface area contributed by atoms with E-state index in [0.717, 1.165) is 19.6 Å². The normalized spacial score (nSPS) is 17.9. The largest absolute Gasteiger partial charge is 0.370 e. The molecule has 1 atom stereocenters. The molecule has 2 heteroatoms. The minimum Gasteiger partial charge on any atom is -0.370 e. The third kappa shape index (κ3) is 1.90. The van der Waals surface area contributed by atoms with Crippen LogP contribution in [0.2, 0.25) is 0 Å². The van der Waals surface area contributed by atoms with Gasteiger partial charge in [-0.3, -0.25) is 0 Å². The van der Waals surface area contributed by atoms with E-state index in [9.17, 15) is 0 Å². The number of benzene rings is 2. The standard InChI is InChI=1S/C19H19NO/c1-2-17-19-18(14-8-4-3-5-9-14)15-10-6-7-11-16(15)20(19)12-13-21-17/h3-11,17H,2,12-13H2,1H3/t17-/m1/s1. The minimum absolute atomic E-state index is 0.196. The highest BCUT2D eigenvalue weighted by molar-refractivity contribution is 5.98. The molecule has 21 heavy (non-hydrogen) atoms. The zero-order valence-electron chi connectivity index (χ0n) is 12.3. The zero-order valence-corrected chi connectivity index (χ0v) is 12.3. The molecule has 0 saturated heterocycles. The summed E-state index contributed by atoms with van der Waals surface area (Å²) >= 11 is 0. The average molecular weight is 277 g/mol. The molecule has 2 heterocycles. The average Bonchev–Trinajstić information content (AvgIpc) is 2.90. The number of ether oxygens (including phenoxy) is 1. The maximum absolute atomic E-state index is 6.02. The Balaban J connectivity index is 2.09. The van der Waals surface area contributed by atoms with Crippen molar-refractivity contribution >= 4 is 10.9 Å². The van der Waals surface area contributed by atoms with Crippen molar-refractivity contribution < 1.29 is 4.74 Å². The SMILES string of the molecule is CC[C@H]1OCCn2c1c(-c1ccccc1)c1ccccc12. The molecule has 0 aliphatic carbocycles. The maximum atomic E-state index is 6.02. The quantitative estimate of drug-likeness (QED) is 0.657. The van der Waals surface area contributed by atoms with E-state index in [-0.39, 0.29) is 6.10 Å². The summed E-state index contributed by atoms with van der Waals surface area (Å²) < 4.78 is 8.48. The molecule has 4 rings (SSSR count). The van der Waals surface area contributed by atoms with Crippen LogP contribution >= 0.6 is 0 Å². The van der Waals surface area contributed by atoms with Crippen molar-refractivity contribution in [2.45, 2.75) is 26.0 Å². The molecular weight excluding hydrogens is 258 g/mol. The molecule has 0 spiro atoms. The molecule has 1 aliphatic rings. The molecule has 1 aromatic heterocycles. The monoisotopic (exact) mass is 277 g/mol. The topological polar surface area (TPSA) is 14.2 Å². The highest BCUT2D eigenvalue weighted by Gasteiger charge is 2.27. The van der Waals surface area contributed by atoms with Crippen molar-refractivity contribution in [1.82, 2.24) is 4.57 Å². The van der Waals surface area contributed by atoms with Crippen LogP contribution in [0.3, 0.4) is 0 Å². The van der Waals surface area contributed by atoms with Crippen molar-refractivity contribution in [2.24, 2.45) is 0 Å². The van der Waals surface area contributed by atoms with Crippen LogP contribution in [-0.2, 0) is 11.3 Å². The van der Waals surface area contributed by atoms with Gasteiger partial charge in [-0.2, -0.15) is 0 Å². The predicted molar refractivity (Wildman–Crippen MR) is 86.4 cm³/mol. The van der Waals surface area contributed by atoms with Crippen LogP contribution in [0.25, 0.3) is 22.0 Å². The van der Waals surface area contributed by atoms with E-state index in [1.54, 1.807) is 0 Å². The van der Waals surface area contributed by atoms with Gasteiger partial charge in [-0.25, -0.2) is 0 Å². The third-order valence-corrected chi connectivity index (χ3v) is 4.38. The van der Waals surface area contributed by atoms with Crippen molar-refractivity contribution in [3.63, 3.8) is 0 Å². The van der Waals surface area contributed by atoms with Crippen LogP contribution in [0.1, 0.15) is 25.1 Å². The van der Waals surface area contributed by atoms with Gasteiger partial charge in [-0.15, -0.1) is 0 Å². The second-order valence-corrected chi connectivity index (χ2v) is 5.56. The van der Waals surface area contributed by atoms with Gasteiger partial charge in [0, 0.05) is 23.0 Å². The Labute approximate surface area is 125 Å². The Morgan fingerprint density at radius 3 is 2.62 bits per heavy atom. The van der Waals surface area contributed by atoms with Gasteiger partial charge < -0.3 is 9.30 Å². The number of hydrogen-bond acceptors (Lipinski definition) is 1. The Morgan fingerprint density at radius 2 is 1.81 bits per heavy atom. The Bertz CT molecular complexity index is 773. The fraction of sp³-hybridized carbons (Fsp3) is 0.263. The van der Waals surface area contributed by atoms with Gasteiger partial charge in [0.05, 0.1) is 18.4 Å². The van der Waals surface area contributed by atoms with E-state index >= 15 is 0 Å². The Morgan fingerprint density at radius 1 is 1.05 bits per heavy atom. The fourth-order valence-corrected chi connectivity index (χ4v) is 3.48. The molecule has 0 fully saturated rings. The van der Waals surface area contributed by atoms with E-state index in [1.165, 1.54) is 27.7 Å². The van der Waals surface area contributed by atoms with E-state index in [2.05, 4.69) is 66.1 Å². The second kappa shape index (κ2) is 5.05. The summed E-state index contributed by atoms with van der Waals surface area (Å²) in [5.74, 6) is 0. The first kappa shape index (κ1) is 12.7. The van der Waals surface area contributed by atoms with Crippen molar-refractivity contribution in [1.29, 1.82) is 0 Å². The van der Waals surface area contributed by atoms with Crippen molar-refractivity contribution in [3.8, 4) is 11.1 Å². The third-order valence-electron chi connectivity index (χ3n) is 4.38. The first-order valence-electron chi connectivity index (χ1n) is 7.68. The van der Waals surface area contributed by atoms with E-state index in [4.69, 9.17) is 4.74 Å². The van der Waals surface area contributed by atoms with E-state index in [0.29, 0.717) is 0 Å². The molecule has 0 N–H and O–H groups in total. The lowest BCUT2D eigenvalue weighted by molar-refractivity contribution is 0.0200. The van der Waals surface area contributed by atoms with Crippen LogP contribution in [0, 0.1) is 0 Å². The molecule has 0 amide bonds. The number of hydrogen-bond donors (Lipinski definition) is 0. The number of para-hydroxylation sites is 1. The van der Waals surface area contributed by atoms with Gasteiger partial charge in [0.1, 0.15) is 0 Å². The molecule has 106 valence electrons. The molecular formula is C19H19NO. The minimum atomic E-state index is 0.196. The predicted octanol–water partition coefficient (Wildman–Crippen LogP) is 4.79. The first-order valence-corrected chi connectivity index (χ1v) is 7.68. The Hall–Kier alpha value is -2.06. The fourth-order valence-electron chi connectivity index (χ4n) is 3.48. The number of aromatic nitrogens is 1. The zero-order chi connectivity index (χ0) is 14.2. The second-order valence-electron chi connectivity index (χ2n) is 5.56. The van der Waals surface area contributed by atoms with Gasteiger partial charge in [-0.05, 0) is 18.1 Å². The lowest BCUT2D eigenvalue weighted by Gasteiger charge is -2.26. The van der Waals surface area contributed by atoms with Crippen LogP contribution in [0.5, 0.6) is 0 Å². The summed E-state index contributed by atoms with van der Waals surface area (Å²) in [5, 5.41) is 1.34. The Kier molecular flexibility index (Phi) is 3.04. The van der Waals surface area contributed by atoms with E-state index < -0.39 is 0 Å². The molecule has 0 unspecified atom stereocenters.